The molecule has 0 aliphatic rings. The molecule has 7 nitrogen and oxygen atoms in total. The number of aromatic amines is 1. The van der Waals surface area contributed by atoms with E-state index in [1.807, 2.05) is 44.2 Å². The third-order valence-corrected chi connectivity index (χ3v) is 5.95. The van der Waals surface area contributed by atoms with Crippen LogP contribution in [-0.2, 0) is 24.2 Å². The van der Waals surface area contributed by atoms with Gasteiger partial charge in [-0.1, -0.05) is 42.8 Å². The van der Waals surface area contributed by atoms with Crippen molar-refractivity contribution in [2.75, 3.05) is 6.61 Å². The maximum absolute atomic E-state index is 11.9. The van der Waals surface area contributed by atoms with E-state index in [4.69, 9.17) is 21.1 Å². The fourth-order valence-electron chi connectivity index (χ4n) is 3.13. The first-order valence-electron chi connectivity index (χ1n) is 10.8. The van der Waals surface area contributed by atoms with Gasteiger partial charge in [0.15, 0.2) is 11.5 Å². The number of halogens is 1. The first-order chi connectivity index (χ1) is 16.4. The Labute approximate surface area is 207 Å². The van der Waals surface area contributed by atoms with Crippen LogP contribution in [-0.4, -0.2) is 32.9 Å². The molecule has 0 bridgehead atoms. The van der Waals surface area contributed by atoms with Crippen LogP contribution in [0.1, 0.15) is 36.4 Å². The lowest BCUT2D eigenvalue weighted by atomic mass is 10.0. The summed E-state index contributed by atoms with van der Waals surface area (Å²) in [7, 11) is 0. The Morgan fingerprint density at radius 1 is 1.24 bits per heavy atom. The molecule has 0 unspecified atom stereocenters. The van der Waals surface area contributed by atoms with Crippen LogP contribution in [0.25, 0.3) is 6.08 Å². The van der Waals surface area contributed by atoms with Crippen LogP contribution >= 0.6 is 23.4 Å². The second kappa shape index (κ2) is 12.3. The van der Waals surface area contributed by atoms with Crippen molar-refractivity contribution < 1.29 is 19.4 Å². The minimum atomic E-state index is -1.07. The van der Waals surface area contributed by atoms with E-state index in [0.29, 0.717) is 52.5 Å². The average molecular weight is 500 g/mol. The van der Waals surface area contributed by atoms with E-state index in [-0.39, 0.29) is 11.5 Å². The van der Waals surface area contributed by atoms with Gasteiger partial charge in [-0.3, -0.25) is 5.10 Å². The van der Waals surface area contributed by atoms with E-state index in [2.05, 4.69) is 21.8 Å². The minimum absolute atomic E-state index is 0.0818. The molecule has 3 rings (SSSR count). The number of benzene rings is 2. The third kappa shape index (κ3) is 6.65. The Balaban J connectivity index is 1.97. The molecule has 0 atom stereocenters. The van der Waals surface area contributed by atoms with Gasteiger partial charge in [0.2, 0.25) is 5.16 Å². The Morgan fingerprint density at radius 2 is 2.03 bits per heavy atom. The SMILES string of the molecule is C=CCc1cc(/C=C(/Sc2n[nH]c(CC)n2)C(=O)O)cc(OCC)c1OCc1ccccc1Cl. The second-order valence-corrected chi connectivity index (χ2v) is 8.56. The second-order valence-electron chi connectivity index (χ2n) is 7.15. The number of allylic oxidation sites excluding steroid dienone is 1. The third-order valence-electron chi connectivity index (χ3n) is 4.70. The minimum Gasteiger partial charge on any atom is -0.490 e. The standard InChI is InChI=1S/C25H26ClN3O4S/c1-4-9-17-12-16(14-21(24(30)31)34-25-27-22(5-2)28-29-25)13-20(32-6-3)23(17)33-15-18-10-7-8-11-19(18)26/h4,7-8,10-14H,1,5-6,9,15H2,2-3H3,(H,30,31)(H,27,28,29)/b21-14+. The maximum Gasteiger partial charge on any atom is 0.342 e. The number of nitrogens with zero attached hydrogens (tertiary/aromatic N) is 2. The lowest BCUT2D eigenvalue weighted by Gasteiger charge is -2.17. The van der Waals surface area contributed by atoms with E-state index >= 15 is 0 Å². The predicted octanol–water partition coefficient (Wildman–Crippen LogP) is 5.94. The quantitative estimate of drug-likeness (QED) is 0.181. The summed E-state index contributed by atoms with van der Waals surface area (Å²) in [4.78, 5) is 16.3. The van der Waals surface area contributed by atoms with E-state index in [0.717, 1.165) is 22.9 Å². The van der Waals surface area contributed by atoms with Crippen LogP contribution in [0.3, 0.4) is 0 Å². The number of hydrogen-bond donors (Lipinski definition) is 2. The smallest absolute Gasteiger partial charge is 0.342 e. The van der Waals surface area contributed by atoms with Crippen LogP contribution < -0.4 is 9.47 Å². The molecule has 9 heteroatoms. The molecule has 0 radical (unpaired) electrons. The lowest BCUT2D eigenvalue weighted by Crippen LogP contribution is -2.04. The van der Waals surface area contributed by atoms with Gasteiger partial charge in [-0.15, -0.1) is 11.7 Å². The Kier molecular flexibility index (Phi) is 9.18. The molecule has 0 aliphatic carbocycles. The molecule has 0 amide bonds. The van der Waals surface area contributed by atoms with Crippen molar-refractivity contribution in [2.45, 2.75) is 38.5 Å². The van der Waals surface area contributed by atoms with Gasteiger partial charge in [0.25, 0.3) is 0 Å². The number of ether oxygens (including phenoxy) is 2. The van der Waals surface area contributed by atoms with Crippen molar-refractivity contribution in [3.05, 3.63) is 81.5 Å². The van der Waals surface area contributed by atoms with Gasteiger partial charge in [0.1, 0.15) is 17.3 Å². The molecule has 0 saturated carbocycles. The van der Waals surface area contributed by atoms with Crippen molar-refractivity contribution in [3.8, 4) is 11.5 Å². The number of hydrogen-bond acceptors (Lipinski definition) is 6. The molecule has 1 aromatic heterocycles. The topological polar surface area (TPSA) is 97.3 Å². The van der Waals surface area contributed by atoms with Gasteiger partial charge in [0.05, 0.1) is 6.61 Å². The zero-order valence-electron chi connectivity index (χ0n) is 19.0. The van der Waals surface area contributed by atoms with E-state index in [9.17, 15) is 9.90 Å². The highest BCUT2D eigenvalue weighted by atomic mass is 35.5. The van der Waals surface area contributed by atoms with Crippen LogP contribution in [0.2, 0.25) is 5.02 Å². The molecule has 178 valence electrons. The van der Waals surface area contributed by atoms with Gasteiger partial charge >= 0.3 is 5.97 Å². The van der Waals surface area contributed by atoms with E-state index in [1.54, 1.807) is 18.2 Å². The number of rotatable bonds is 12. The van der Waals surface area contributed by atoms with Crippen molar-refractivity contribution in [1.82, 2.24) is 15.2 Å². The number of aliphatic carboxylic acids is 1. The fourth-order valence-corrected chi connectivity index (χ4v) is 4.05. The van der Waals surface area contributed by atoms with Crippen LogP contribution in [0.15, 0.2) is 59.1 Å². The molecule has 0 saturated heterocycles. The van der Waals surface area contributed by atoms with Crippen LogP contribution in [0, 0.1) is 0 Å². The number of carboxylic acids is 1. The molecule has 1 heterocycles. The normalized spacial score (nSPS) is 11.3. The molecule has 0 aliphatic heterocycles. The Bertz CT molecular complexity index is 1190. The Morgan fingerprint density at radius 3 is 2.68 bits per heavy atom. The zero-order chi connectivity index (χ0) is 24.5. The first kappa shape index (κ1) is 25.4. The molecule has 0 spiro atoms. The van der Waals surface area contributed by atoms with Gasteiger partial charge in [-0.2, -0.15) is 0 Å². The van der Waals surface area contributed by atoms with Gasteiger partial charge in [-0.05, 0) is 54.9 Å². The number of thioether (sulfide) groups is 1. The predicted molar refractivity (Wildman–Crippen MR) is 135 cm³/mol. The molecule has 0 fully saturated rings. The van der Waals surface area contributed by atoms with Crippen molar-refractivity contribution >= 4 is 35.4 Å². The molecule has 2 aromatic carbocycles. The largest absolute Gasteiger partial charge is 0.490 e. The fraction of sp³-hybridized carbons (Fsp3) is 0.240. The summed E-state index contributed by atoms with van der Waals surface area (Å²) < 4.78 is 12.0. The molecule has 3 aromatic rings. The molecule has 2 N–H and O–H groups in total. The summed E-state index contributed by atoms with van der Waals surface area (Å²) in [5.41, 5.74) is 2.32. The molecule has 34 heavy (non-hydrogen) atoms. The number of carboxylic acid groups (broad SMARTS) is 1. The number of nitrogens with one attached hydrogen (secondary N) is 1. The monoisotopic (exact) mass is 499 g/mol. The van der Waals surface area contributed by atoms with E-state index < -0.39 is 5.97 Å². The summed E-state index contributed by atoms with van der Waals surface area (Å²) in [5.74, 6) is 0.709. The van der Waals surface area contributed by atoms with Crippen molar-refractivity contribution in [3.63, 3.8) is 0 Å². The average Bonchev–Trinajstić information content (AvgIpc) is 3.27. The van der Waals surface area contributed by atoms with Crippen molar-refractivity contribution in [1.29, 1.82) is 0 Å². The summed E-state index contributed by atoms with van der Waals surface area (Å²) in [6.07, 6.45) is 4.52. The highest BCUT2D eigenvalue weighted by molar-refractivity contribution is 8.04. The summed E-state index contributed by atoms with van der Waals surface area (Å²) >= 11 is 7.26. The maximum atomic E-state index is 11.9. The van der Waals surface area contributed by atoms with Gasteiger partial charge in [0, 0.05) is 22.6 Å². The summed E-state index contributed by atoms with van der Waals surface area (Å²) in [6, 6.07) is 11.1. The number of carbonyl (C=O) groups is 1. The molecular weight excluding hydrogens is 474 g/mol. The van der Waals surface area contributed by atoms with Crippen LogP contribution in [0.4, 0.5) is 0 Å². The highest BCUT2D eigenvalue weighted by Gasteiger charge is 2.17. The summed E-state index contributed by atoms with van der Waals surface area (Å²) in [5, 5.41) is 17.6. The molecular formula is C25H26ClN3O4S. The first-order valence-corrected chi connectivity index (χ1v) is 12.0. The number of aryl methyl sites for hydroxylation is 1. The van der Waals surface area contributed by atoms with E-state index in [1.165, 1.54) is 0 Å². The summed E-state index contributed by atoms with van der Waals surface area (Å²) in [6.45, 7) is 8.33. The lowest BCUT2D eigenvalue weighted by molar-refractivity contribution is -0.131. The van der Waals surface area contributed by atoms with Gasteiger partial charge < -0.3 is 14.6 Å². The zero-order valence-corrected chi connectivity index (χ0v) is 20.6. The van der Waals surface area contributed by atoms with Gasteiger partial charge in [-0.25, -0.2) is 9.78 Å². The van der Waals surface area contributed by atoms with Crippen molar-refractivity contribution in [2.24, 2.45) is 0 Å². The Hall–Kier alpha value is -3.23. The highest BCUT2D eigenvalue weighted by Crippen LogP contribution is 2.36. The number of H-pyrrole nitrogens is 1. The van der Waals surface area contributed by atoms with Crippen LogP contribution in [0.5, 0.6) is 11.5 Å². The number of aromatic nitrogens is 3.